The van der Waals surface area contributed by atoms with E-state index in [2.05, 4.69) is 20.8 Å². The molecule has 3 rings (SSSR count). The molecule has 2 N–H and O–H groups in total. The zero-order chi connectivity index (χ0) is 21.7. The van der Waals surface area contributed by atoms with E-state index in [1.54, 1.807) is 37.4 Å². The molecule has 2 heterocycles. The largest absolute Gasteiger partial charge is 0.461 e. The molecule has 0 aliphatic heterocycles. The van der Waals surface area contributed by atoms with Gasteiger partial charge in [0.25, 0.3) is 11.8 Å². The first-order valence-electron chi connectivity index (χ1n) is 9.39. The van der Waals surface area contributed by atoms with Gasteiger partial charge < -0.3 is 15.4 Å². The molecule has 0 saturated carbocycles. The Morgan fingerprint density at radius 3 is 2.43 bits per heavy atom. The summed E-state index contributed by atoms with van der Waals surface area (Å²) in [6.07, 6.45) is 1.56. The second-order valence-electron chi connectivity index (χ2n) is 6.28. The van der Waals surface area contributed by atoms with Gasteiger partial charge in [-0.25, -0.2) is 4.79 Å². The molecule has 0 unspecified atom stereocenters. The molecule has 0 aliphatic rings. The maximum Gasteiger partial charge on any atom is 0.356 e. The summed E-state index contributed by atoms with van der Waals surface area (Å²) in [6, 6.07) is 10.3. The molecule has 2 aromatic heterocycles. The SMILES string of the molecule is CCOC(=O)c1cc(C(=O)Nc2cn(CC)nc2C(=O)Nc2ccccc2)nn1C. The van der Waals surface area contributed by atoms with Crippen LogP contribution in [-0.2, 0) is 18.3 Å². The highest BCUT2D eigenvalue weighted by atomic mass is 16.5. The van der Waals surface area contributed by atoms with E-state index in [0.717, 1.165) is 0 Å². The van der Waals surface area contributed by atoms with Crippen molar-refractivity contribution in [2.45, 2.75) is 20.4 Å². The fraction of sp³-hybridized carbons (Fsp3) is 0.250. The Balaban J connectivity index is 1.82. The normalized spacial score (nSPS) is 10.5. The van der Waals surface area contributed by atoms with Crippen LogP contribution in [0.1, 0.15) is 45.3 Å². The number of anilines is 2. The number of carbonyl (C=O) groups excluding carboxylic acids is 3. The van der Waals surface area contributed by atoms with Crippen molar-refractivity contribution in [3.05, 3.63) is 59.7 Å². The van der Waals surface area contributed by atoms with Crippen LogP contribution in [0.5, 0.6) is 0 Å². The maximum absolute atomic E-state index is 12.7. The topological polar surface area (TPSA) is 120 Å². The van der Waals surface area contributed by atoms with Gasteiger partial charge in [-0.1, -0.05) is 18.2 Å². The number of rotatable bonds is 7. The minimum absolute atomic E-state index is 0.0132. The summed E-state index contributed by atoms with van der Waals surface area (Å²) < 4.78 is 7.76. The Kier molecular flexibility index (Phi) is 6.26. The van der Waals surface area contributed by atoms with Gasteiger partial charge >= 0.3 is 5.97 Å². The molecular formula is C20H22N6O4. The van der Waals surface area contributed by atoms with E-state index in [1.807, 2.05) is 13.0 Å². The zero-order valence-corrected chi connectivity index (χ0v) is 16.9. The molecule has 2 amide bonds. The monoisotopic (exact) mass is 410 g/mol. The van der Waals surface area contributed by atoms with Crippen LogP contribution in [0.4, 0.5) is 11.4 Å². The fourth-order valence-corrected chi connectivity index (χ4v) is 2.71. The number of aromatic nitrogens is 4. The van der Waals surface area contributed by atoms with Crippen LogP contribution in [0.2, 0.25) is 0 Å². The van der Waals surface area contributed by atoms with Gasteiger partial charge in [0.2, 0.25) is 0 Å². The molecule has 0 spiro atoms. The standard InChI is InChI=1S/C20H22N6O4/c1-4-26-12-15(17(24-26)19(28)21-13-9-7-6-8-10-13)22-18(27)14-11-16(25(3)23-14)20(29)30-5-2/h6-12H,4-5H2,1-3H3,(H,21,28)(H,22,27). The highest BCUT2D eigenvalue weighted by Gasteiger charge is 2.22. The Hall–Kier alpha value is -3.95. The summed E-state index contributed by atoms with van der Waals surface area (Å²) in [6.45, 7) is 4.27. The van der Waals surface area contributed by atoms with Crippen LogP contribution in [0, 0.1) is 0 Å². The summed E-state index contributed by atoms with van der Waals surface area (Å²) >= 11 is 0. The molecule has 0 saturated heterocycles. The van der Waals surface area contributed by atoms with Crippen molar-refractivity contribution in [2.24, 2.45) is 7.05 Å². The molecule has 30 heavy (non-hydrogen) atoms. The fourth-order valence-electron chi connectivity index (χ4n) is 2.71. The third-order valence-electron chi connectivity index (χ3n) is 4.18. The number of nitrogens with zero attached hydrogens (tertiary/aromatic N) is 4. The predicted octanol–water partition coefficient (Wildman–Crippen LogP) is 2.32. The van der Waals surface area contributed by atoms with Gasteiger partial charge in [0.15, 0.2) is 11.4 Å². The van der Waals surface area contributed by atoms with Crippen molar-refractivity contribution < 1.29 is 19.1 Å². The summed E-state index contributed by atoms with van der Waals surface area (Å²) in [5, 5.41) is 13.7. The number of hydrogen-bond donors (Lipinski definition) is 2. The van der Waals surface area contributed by atoms with Gasteiger partial charge in [0.1, 0.15) is 5.69 Å². The Bertz CT molecular complexity index is 1070. The maximum atomic E-state index is 12.7. The van der Waals surface area contributed by atoms with Crippen molar-refractivity contribution in [3.63, 3.8) is 0 Å². The van der Waals surface area contributed by atoms with E-state index >= 15 is 0 Å². The van der Waals surface area contributed by atoms with E-state index in [4.69, 9.17) is 4.74 Å². The summed E-state index contributed by atoms with van der Waals surface area (Å²) in [4.78, 5) is 37.3. The number of aryl methyl sites for hydroxylation is 2. The van der Waals surface area contributed by atoms with Crippen LogP contribution < -0.4 is 10.6 Å². The van der Waals surface area contributed by atoms with Crippen LogP contribution in [-0.4, -0.2) is 44.0 Å². The van der Waals surface area contributed by atoms with Crippen molar-refractivity contribution in [1.82, 2.24) is 19.6 Å². The first-order valence-corrected chi connectivity index (χ1v) is 9.39. The quantitative estimate of drug-likeness (QED) is 0.577. The average molecular weight is 410 g/mol. The van der Waals surface area contributed by atoms with Gasteiger partial charge in [0.05, 0.1) is 12.3 Å². The zero-order valence-electron chi connectivity index (χ0n) is 16.9. The molecule has 3 aromatic rings. The Labute approximate surface area is 172 Å². The molecule has 10 nitrogen and oxygen atoms in total. The van der Waals surface area contributed by atoms with Crippen molar-refractivity contribution in [2.75, 3.05) is 17.2 Å². The second-order valence-corrected chi connectivity index (χ2v) is 6.28. The van der Waals surface area contributed by atoms with E-state index < -0.39 is 17.8 Å². The summed E-state index contributed by atoms with van der Waals surface area (Å²) in [7, 11) is 1.54. The van der Waals surface area contributed by atoms with Crippen molar-refractivity contribution in [1.29, 1.82) is 0 Å². The number of benzene rings is 1. The lowest BCUT2D eigenvalue weighted by Crippen LogP contribution is -2.18. The highest BCUT2D eigenvalue weighted by molar-refractivity contribution is 6.11. The van der Waals surface area contributed by atoms with E-state index in [0.29, 0.717) is 12.2 Å². The lowest BCUT2D eigenvalue weighted by atomic mass is 10.2. The number of hydrogen-bond acceptors (Lipinski definition) is 6. The molecule has 0 aliphatic carbocycles. The van der Waals surface area contributed by atoms with Gasteiger partial charge in [-0.15, -0.1) is 0 Å². The number of ether oxygens (including phenoxy) is 1. The van der Waals surface area contributed by atoms with Crippen molar-refractivity contribution in [3.8, 4) is 0 Å². The van der Waals surface area contributed by atoms with Crippen LogP contribution in [0.15, 0.2) is 42.6 Å². The molecule has 0 bridgehead atoms. The average Bonchev–Trinajstić information content (AvgIpc) is 3.32. The lowest BCUT2D eigenvalue weighted by Gasteiger charge is -2.05. The minimum atomic E-state index is -0.578. The molecule has 10 heteroatoms. The number of amides is 2. The molecule has 0 radical (unpaired) electrons. The van der Waals surface area contributed by atoms with Crippen LogP contribution >= 0.6 is 0 Å². The molecular weight excluding hydrogens is 388 g/mol. The Morgan fingerprint density at radius 2 is 1.77 bits per heavy atom. The number of para-hydroxylation sites is 1. The van der Waals surface area contributed by atoms with Gasteiger partial charge in [0, 0.05) is 31.5 Å². The molecule has 0 atom stereocenters. The third-order valence-corrected chi connectivity index (χ3v) is 4.18. The van der Waals surface area contributed by atoms with E-state index in [-0.39, 0.29) is 29.4 Å². The van der Waals surface area contributed by atoms with Crippen LogP contribution in [0.25, 0.3) is 0 Å². The minimum Gasteiger partial charge on any atom is -0.461 e. The van der Waals surface area contributed by atoms with E-state index in [9.17, 15) is 14.4 Å². The van der Waals surface area contributed by atoms with Crippen molar-refractivity contribution >= 4 is 29.2 Å². The van der Waals surface area contributed by atoms with Crippen LogP contribution in [0.3, 0.4) is 0 Å². The highest BCUT2D eigenvalue weighted by Crippen LogP contribution is 2.18. The number of nitrogens with one attached hydrogen (secondary N) is 2. The molecule has 0 fully saturated rings. The van der Waals surface area contributed by atoms with E-state index in [1.165, 1.54) is 22.5 Å². The first kappa shape index (κ1) is 20.8. The first-order chi connectivity index (χ1) is 14.4. The lowest BCUT2D eigenvalue weighted by molar-refractivity contribution is 0.0513. The predicted molar refractivity (Wildman–Crippen MR) is 109 cm³/mol. The second kappa shape index (κ2) is 9.03. The number of esters is 1. The van der Waals surface area contributed by atoms with Gasteiger partial charge in [-0.2, -0.15) is 10.2 Å². The molecule has 1 aromatic carbocycles. The third kappa shape index (κ3) is 4.54. The van der Waals surface area contributed by atoms with Gasteiger partial charge in [-0.3, -0.25) is 19.0 Å². The van der Waals surface area contributed by atoms with Gasteiger partial charge in [-0.05, 0) is 26.0 Å². The number of carbonyl (C=O) groups is 3. The smallest absolute Gasteiger partial charge is 0.356 e. The Morgan fingerprint density at radius 1 is 1.03 bits per heavy atom. The summed E-state index contributed by atoms with van der Waals surface area (Å²) in [5.74, 6) is -1.62. The molecule has 156 valence electrons. The summed E-state index contributed by atoms with van der Waals surface area (Å²) in [5.41, 5.74) is 1.07.